The van der Waals surface area contributed by atoms with Gasteiger partial charge in [0.2, 0.25) is 5.91 Å². The lowest BCUT2D eigenvalue weighted by Crippen LogP contribution is -2.47. The van der Waals surface area contributed by atoms with Crippen molar-refractivity contribution in [3.8, 4) is 17.2 Å². The van der Waals surface area contributed by atoms with E-state index in [1.165, 1.54) is 4.90 Å². The third kappa shape index (κ3) is 5.09. The van der Waals surface area contributed by atoms with Crippen LogP contribution in [-0.4, -0.2) is 30.2 Å². The fraction of sp³-hybridized carbons (Fsp3) is 0.222. The summed E-state index contributed by atoms with van der Waals surface area (Å²) < 4.78 is 11.6. The van der Waals surface area contributed by atoms with Crippen molar-refractivity contribution in [3.63, 3.8) is 0 Å². The van der Waals surface area contributed by atoms with Crippen molar-refractivity contribution in [1.29, 1.82) is 0 Å². The van der Waals surface area contributed by atoms with Crippen LogP contribution >= 0.6 is 0 Å². The first-order valence-corrected chi connectivity index (χ1v) is 11.2. The summed E-state index contributed by atoms with van der Waals surface area (Å²) >= 11 is 0. The Morgan fingerprint density at radius 3 is 2.53 bits per heavy atom. The molecule has 0 saturated carbocycles. The van der Waals surface area contributed by atoms with E-state index in [0.29, 0.717) is 40.6 Å². The average Bonchev–Trinajstić information content (AvgIpc) is 2.84. The smallest absolute Gasteiger partial charge is 0.268 e. The number of anilines is 2. The Morgan fingerprint density at radius 1 is 1.03 bits per heavy atom. The van der Waals surface area contributed by atoms with Gasteiger partial charge in [0.1, 0.15) is 18.0 Å². The van der Waals surface area contributed by atoms with Gasteiger partial charge in [-0.1, -0.05) is 37.3 Å². The maximum atomic E-state index is 13.0. The standard InChI is InChI=1S/C27H26N2O5/c1-3-9-23(30)19-14-15-25-22(16-19)29(27(32)18(2)33-25)17-26(31)28-21-12-7-8-13-24(21)34-20-10-5-4-6-11-20/h4-8,10-16,18H,3,9,17H2,1-2H3,(H,28,31). The molecule has 1 heterocycles. The van der Waals surface area contributed by atoms with E-state index in [0.717, 1.165) is 6.42 Å². The molecule has 3 aromatic rings. The van der Waals surface area contributed by atoms with Crippen LogP contribution in [0.4, 0.5) is 11.4 Å². The molecule has 3 aromatic carbocycles. The molecule has 1 aliphatic heterocycles. The Hall–Kier alpha value is -4.13. The van der Waals surface area contributed by atoms with Crippen molar-refractivity contribution < 1.29 is 23.9 Å². The van der Waals surface area contributed by atoms with Crippen LogP contribution in [0.2, 0.25) is 0 Å². The number of Topliss-reactive ketones (excluding diaryl/α,β-unsaturated/α-hetero) is 1. The minimum atomic E-state index is -0.744. The topological polar surface area (TPSA) is 84.9 Å². The molecular formula is C27H26N2O5. The summed E-state index contributed by atoms with van der Waals surface area (Å²) in [5.74, 6) is 0.809. The molecule has 1 aliphatic rings. The summed E-state index contributed by atoms with van der Waals surface area (Å²) in [4.78, 5) is 39.7. The van der Waals surface area contributed by atoms with Gasteiger partial charge in [0.15, 0.2) is 17.6 Å². The second-order valence-corrected chi connectivity index (χ2v) is 8.00. The first kappa shape index (κ1) is 23.0. The molecule has 0 aromatic heterocycles. The minimum Gasteiger partial charge on any atom is -0.479 e. The molecular weight excluding hydrogens is 432 g/mol. The highest BCUT2D eigenvalue weighted by atomic mass is 16.5. The molecule has 34 heavy (non-hydrogen) atoms. The second-order valence-electron chi connectivity index (χ2n) is 8.00. The number of fused-ring (bicyclic) bond motifs is 1. The van der Waals surface area contributed by atoms with Gasteiger partial charge >= 0.3 is 0 Å². The molecule has 1 N–H and O–H groups in total. The van der Waals surface area contributed by atoms with E-state index in [1.807, 2.05) is 43.3 Å². The number of amides is 2. The fourth-order valence-corrected chi connectivity index (χ4v) is 3.72. The number of ketones is 1. The molecule has 1 unspecified atom stereocenters. The van der Waals surface area contributed by atoms with E-state index in [9.17, 15) is 14.4 Å². The fourth-order valence-electron chi connectivity index (χ4n) is 3.72. The molecule has 7 heteroatoms. The zero-order valence-corrected chi connectivity index (χ0v) is 19.1. The van der Waals surface area contributed by atoms with Crippen molar-refractivity contribution in [1.82, 2.24) is 0 Å². The molecule has 174 valence electrons. The van der Waals surface area contributed by atoms with Gasteiger partial charge in [-0.15, -0.1) is 0 Å². The number of hydrogen-bond donors (Lipinski definition) is 1. The number of ether oxygens (including phenoxy) is 2. The van der Waals surface area contributed by atoms with Gasteiger partial charge in [-0.3, -0.25) is 19.3 Å². The van der Waals surface area contributed by atoms with Crippen LogP contribution in [0, 0.1) is 0 Å². The number of hydrogen-bond acceptors (Lipinski definition) is 5. The van der Waals surface area contributed by atoms with E-state index in [1.54, 1.807) is 43.3 Å². The zero-order chi connectivity index (χ0) is 24.1. The van der Waals surface area contributed by atoms with Gasteiger partial charge < -0.3 is 14.8 Å². The van der Waals surface area contributed by atoms with E-state index in [4.69, 9.17) is 9.47 Å². The normalized spacial score (nSPS) is 14.7. The molecule has 0 fully saturated rings. The molecule has 2 amide bonds. The zero-order valence-electron chi connectivity index (χ0n) is 19.1. The number of nitrogens with one attached hydrogen (secondary N) is 1. The van der Waals surface area contributed by atoms with Crippen molar-refractivity contribution >= 4 is 29.0 Å². The van der Waals surface area contributed by atoms with Crippen LogP contribution in [0.5, 0.6) is 17.2 Å². The molecule has 7 nitrogen and oxygen atoms in total. The Kier molecular flexibility index (Phi) is 6.92. The highest BCUT2D eigenvalue weighted by Gasteiger charge is 2.33. The SMILES string of the molecule is CCCC(=O)c1ccc2c(c1)N(CC(=O)Nc1ccccc1Oc1ccccc1)C(=O)C(C)O2. The summed E-state index contributed by atoms with van der Waals surface area (Å²) in [6.07, 6.45) is 0.382. The van der Waals surface area contributed by atoms with Gasteiger partial charge in [0, 0.05) is 12.0 Å². The third-order valence-corrected chi connectivity index (χ3v) is 5.40. The van der Waals surface area contributed by atoms with E-state index >= 15 is 0 Å². The van der Waals surface area contributed by atoms with Crippen LogP contribution < -0.4 is 19.7 Å². The van der Waals surface area contributed by atoms with Crippen LogP contribution in [0.1, 0.15) is 37.0 Å². The minimum absolute atomic E-state index is 0.0206. The second kappa shape index (κ2) is 10.2. The van der Waals surface area contributed by atoms with Gasteiger partial charge in [0.05, 0.1) is 11.4 Å². The van der Waals surface area contributed by atoms with E-state index < -0.39 is 12.0 Å². The molecule has 0 aliphatic carbocycles. The van der Waals surface area contributed by atoms with Crippen LogP contribution in [0.15, 0.2) is 72.8 Å². The van der Waals surface area contributed by atoms with Gasteiger partial charge in [-0.2, -0.15) is 0 Å². The lowest BCUT2D eigenvalue weighted by molar-refractivity contribution is -0.127. The number of nitrogens with zero attached hydrogens (tertiary/aromatic N) is 1. The van der Waals surface area contributed by atoms with Crippen molar-refractivity contribution in [2.75, 3.05) is 16.8 Å². The number of carbonyl (C=O) groups is 3. The molecule has 4 rings (SSSR count). The average molecular weight is 459 g/mol. The molecule has 0 radical (unpaired) electrons. The van der Waals surface area contributed by atoms with Gasteiger partial charge in [0.25, 0.3) is 5.91 Å². The summed E-state index contributed by atoms with van der Waals surface area (Å²) in [6, 6.07) is 21.3. The third-order valence-electron chi connectivity index (χ3n) is 5.40. The Labute approximate surface area is 198 Å². The van der Waals surface area contributed by atoms with Crippen LogP contribution in [0.3, 0.4) is 0 Å². The highest BCUT2D eigenvalue weighted by Crippen LogP contribution is 2.35. The van der Waals surface area contributed by atoms with Crippen molar-refractivity contribution in [2.45, 2.75) is 32.8 Å². The lowest BCUT2D eigenvalue weighted by atomic mass is 10.0. The van der Waals surface area contributed by atoms with E-state index in [2.05, 4.69) is 5.32 Å². The summed E-state index contributed by atoms with van der Waals surface area (Å²) in [7, 11) is 0. The number of rotatable bonds is 8. The first-order valence-electron chi connectivity index (χ1n) is 11.2. The van der Waals surface area contributed by atoms with Crippen molar-refractivity contribution in [3.05, 3.63) is 78.4 Å². The number of benzene rings is 3. The summed E-state index contributed by atoms with van der Waals surface area (Å²) in [5, 5.41) is 2.84. The molecule has 0 bridgehead atoms. The maximum Gasteiger partial charge on any atom is 0.268 e. The summed E-state index contributed by atoms with van der Waals surface area (Å²) in [5.41, 5.74) is 1.38. The predicted molar refractivity (Wildman–Crippen MR) is 130 cm³/mol. The Balaban J connectivity index is 1.55. The molecule has 1 atom stereocenters. The number of para-hydroxylation sites is 3. The van der Waals surface area contributed by atoms with Gasteiger partial charge in [-0.25, -0.2) is 0 Å². The Morgan fingerprint density at radius 2 is 1.76 bits per heavy atom. The predicted octanol–water partition coefficient (Wildman–Crippen LogP) is 5.21. The van der Waals surface area contributed by atoms with Crippen molar-refractivity contribution in [2.24, 2.45) is 0 Å². The first-order chi connectivity index (χ1) is 16.5. The summed E-state index contributed by atoms with van der Waals surface area (Å²) in [6.45, 7) is 3.33. The maximum absolute atomic E-state index is 13.0. The number of carbonyl (C=O) groups excluding carboxylic acids is 3. The Bertz CT molecular complexity index is 1210. The lowest BCUT2D eigenvalue weighted by Gasteiger charge is -2.33. The molecule has 0 saturated heterocycles. The quantitative estimate of drug-likeness (QED) is 0.468. The molecule has 0 spiro atoms. The monoisotopic (exact) mass is 458 g/mol. The van der Waals surface area contributed by atoms with Crippen LogP contribution in [-0.2, 0) is 9.59 Å². The van der Waals surface area contributed by atoms with Gasteiger partial charge in [-0.05, 0) is 55.8 Å². The highest BCUT2D eigenvalue weighted by molar-refractivity contribution is 6.07. The van der Waals surface area contributed by atoms with E-state index in [-0.39, 0.29) is 18.2 Å². The van der Waals surface area contributed by atoms with Crippen LogP contribution in [0.25, 0.3) is 0 Å². The largest absolute Gasteiger partial charge is 0.479 e.